The lowest BCUT2D eigenvalue weighted by atomic mass is 10.1. The van der Waals surface area contributed by atoms with Crippen molar-refractivity contribution in [3.05, 3.63) is 29.6 Å². The van der Waals surface area contributed by atoms with Crippen LogP contribution in [0.25, 0.3) is 0 Å². The molecule has 1 N–H and O–H groups in total. The number of nitrogens with one attached hydrogen (secondary N) is 1. The maximum absolute atomic E-state index is 11.7. The van der Waals surface area contributed by atoms with Crippen LogP contribution in [0, 0.1) is 6.92 Å². The molecule has 3 nitrogen and oxygen atoms in total. The first kappa shape index (κ1) is 14.9. The Bertz CT molecular complexity index is 355. The fourth-order valence-electron chi connectivity index (χ4n) is 1.39. The summed E-state index contributed by atoms with van der Waals surface area (Å²) in [6.07, 6.45) is -0.179. The summed E-state index contributed by atoms with van der Waals surface area (Å²) < 4.78 is 39.7. The second kappa shape index (κ2) is 7.33. The van der Waals surface area contributed by atoms with E-state index in [1.807, 2.05) is 13.0 Å². The number of aromatic nitrogens is 1. The average Bonchev–Trinajstić information content (AvgIpc) is 2.28. The fraction of sp³-hybridized carbons (Fsp3) is 0.583. The Kier molecular flexibility index (Phi) is 6.07. The van der Waals surface area contributed by atoms with E-state index in [0.29, 0.717) is 19.5 Å². The Balaban J connectivity index is 2.04. The van der Waals surface area contributed by atoms with Crippen molar-refractivity contribution >= 4 is 0 Å². The van der Waals surface area contributed by atoms with Gasteiger partial charge in [0.2, 0.25) is 0 Å². The van der Waals surface area contributed by atoms with E-state index in [0.717, 1.165) is 11.1 Å². The Morgan fingerprint density at radius 2 is 2.17 bits per heavy atom. The van der Waals surface area contributed by atoms with Crippen LogP contribution >= 0.6 is 0 Å². The van der Waals surface area contributed by atoms with Gasteiger partial charge in [0.05, 0.1) is 0 Å². The number of aryl methyl sites for hydroxylation is 1. The van der Waals surface area contributed by atoms with Crippen LogP contribution in [0.3, 0.4) is 0 Å². The van der Waals surface area contributed by atoms with E-state index in [4.69, 9.17) is 0 Å². The Morgan fingerprint density at radius 1 is 1.39 bits per heavy atom. The standard InChI is InChI=1S/C12H17F3N2O/c1-10-3-5-17-8-11(10)7-16-4-2-6-18-9-12(13,14)15/h3,5,8,16H,2,4,6-7,9H2,1H3. The van der Waals surface area contributed by atoms with Crippen molar-refractivity contribution in [2.75, 3.05) is 19.8 Å². The second-order valence-electron chi connectivity index (χ2n) is 4.00. The number of hydrogen-bond acceptors (Lipinski definition) is 3. The third-order valence-electron chi connectivity index (χ3n) is 2.37. The predicted octanol–water partition coefficient (Wildman–Crippen LogP) is 2.45. The Morgan fingerprint density at radius 3 is 2.83 bits per heavy atom. The third kappa shape index (κ3) is 6.56. The van der Waals surface area contributed by atoms with Crippen molar-refractivity contribution < 1.29 is 17.9 Å². The molecule has 0 atom stereocenters. The van der Waals surface area contributed by atoms with Crippen LogP contribution in [0.2, 0.25) is 0 Å². The molecule has 6 heteroatoms. The number of ether oxygens (including phenoxy) is 1. The zero-order valence-electron chi connectivity index (χ0n) is 10.3. The zero-order chi connectivity index (χ0) is 13.4. The summed E-state index contributed by atoms with van der Waals surface area (Å²) in [4.78, 5) is 4.01. The number of pyridine rings is 1. The molecule has 0 fully saturated rings. The highest BCUT2D eigenvalue weighted by Crippen LogP contribution is 2.14. The SMILES string of the molecule is Cc1ccncc1CNCCCOCC(F)(F)F. The number of nitrogens with zero attached hydrogens (tertiary/aromatic N) is 1. The first-order valence-electron chi connectivity index (χ1n) is 5.74. The first-order chi connectivity index (χ1) is 8.49. The molecule has 0 radical (unpaired) electrons. The van der Waals surface area contributed by atoms with Gasteiger partial charge >= 0.3 is 6.18 Å². The molecule has 0 bridgehead atoms. The van der Waals surface area contributed by atoms with E-state index < -0.39 is 12.8 Å². The number of alkyl halides is 3. The maximum Gasteiger partial charge on any atom is 0.411 e. The zero-order valence-corrected chi connectivity index (χ0v) is 10.3. The molecule has 102 valence electrons. The van der Waals surface area contributed by atoms with Crippen LogP contribution in [0.15, 0.2) is 18.5 Å². The van der Waals surface area contributed by atoms with Crippen LogP contribution in [0.5, 0.6) is 0 Å². The van der Waals surface area contributed by atoms with Gasteiger partial charge in [0.25, 0.3) is 0 Å². The lowest BCUT2D eigenvalue weighted by molar-refractivity contribution is -0.173. The minimum absolute atomic E-state index is 0.110. The van der Waals surface area contributed by atoms with E-state index >= 15 is 0 Å². The lowest BCUT2D eigenvalue weighted by Crippen LogP contribution is -2.20. The summed E-state index contributed by atoms with van der Waals surface area (Å²) in [6.45, 7) is 2.21. The highest BCUT2D eigenvalue weighted by atomic mass is 19.4. The van der Waals surface area contributed by atoms with Crippen LogP contribution in [0.1, 0.15) is 17.5 Å². The first-order valence-corrected chi connectivity index (χ1v) is 5.74. The van der Waals surface area contributed by atoms with Crippen molar-refractivity contribution in [1.29, 1.82) is 0 Å². The predicted molar refractivity (Wildman–Crippen MR) is 62.2 cm³/mol. The fourth-order valence-corrected chi connectivity index (χ4v) is 1.39. The summed E-state index contributed by atoms with van der Waals surface area (Å²) >= 11 is 0. The quantitative estimate of drug-likeness (QED) is 0.766. The Labute approximate surface area is 104 Å². The molecule has 0 aliphatic rings. The smallest absolute Gasteiger partial charge is 0.372 e. The topological polar surface area (TPSA) is 34.2 Å². The van der Waals surface area contributed by atoms with Gasteiger partial charge in [-0.25, -0.2) is 0 Å². The van der Waals surface area contributed by atoms with Crippen LogP contribution in [0.4, 0.5) is 13.2 Å². The molecule has 0 aliphatic carbocycles. The minimum Gasteiger partial charge on any atom is -0.372 e. The molecule has 0 unspecified atom stereocenters. The van der Waals surface area contributed by atoms with E-state index in [1.54, 1.807) is 12.4 Å². The molecule has 0 aromatic carbocycles. The Hall–Kier alpha value is -1.14. The molecular weight excluding hydrogens is 245 g/mol. The van der Waals surface area contributed by atoms with E-state index in [-0.39, 0.29) is 6.61 Å². The molecule has 0 amide bonds. The van der Waals surface area contributed by atoms with Gasteiger partial charge in [-0.15, -0.1) is 0 Å². The van der Waals surface area contributed by atoms with Crippen LogP contribution < -0.4 is 5.32 Å². The van der Waals surface area contributed by atoms with Gasteiger partial charge in [-0.3, -0.25) is 4.98 Å². The maximum atomic E-state index is 11.7. The van der Waals surface area contributed by atoms with Crippen molar-refractivity contribution in [3.63, 3.8) is 0 Å². The van der Waals surface area contributed by atoms with E-state index in [2.05, 4.69) is 15.0 Å². The largest absolute Gasteiger partial charge is 0.411 e. The van der Waals surface area contributed by atoms with E-state index in [9.17, 15) is 13.2 Å². The molecule has 1 heterocycles. The molecule has 1 aromatic heterocycles. The minimum atomic E-state index is -4.24. The number of hydrogen-bond donors (Lipinski definition) is 1. The van der Waals surface area contributed by atoms with Crippen molar-refractivity contribution in [2.24, 2.45) is 0 Å². The van der Waals surface area contributed by atoms with Gasteiger partial charge in [0.15, 0.2) is 0 Å². The molecular formula is C12H17F3N2O. The molecule has 1 aromatic rings. The monoisotopic (exact) mass is 262 g/mol. The summed E-state index contributed by atoms with van der Waals surface area (Å²) in [6, 6.07) is 1.92. The molecule has 1 rings (SSSR count). The number of rotatable bonds is 7. The normalized spacial score (nSPS) is 11.8. The van der Waals surface area contributed by atoms with Crippen LogP contribution in [-0.4, -0.2) is 30.9 Å². The van der Waals surface area contributed by atoms with E-state index in [1.165, 1.54) is 0 Å². The van der Waals surface area contributed by atoms with Crippen molar-refractivity contribution in [2.45, 2.75) is 26.1 Å². The van der Waals surface area contributed by atoms with Gasteiger partial charge in [-0.1, -0.05) is 0 Å². The molecule has 0 saturated carbocycles. The third-order valence-corrected chi connectivity index (χ3v) is 2.37. The van der Waals surface area contributed by atoms with Gasteiger partial charge in [0.1, 0.15) is 6.61 Å². The van der Waals surface area contributed by atoms with Gasteiger partial charge < -0.3 is 10.1 Å². The molecule has 0 spiro atoms. The number of halogens is 3. The van der Waals surface area contributed by atoms with Crippen LogP contribution in [-0.2, 0) is 11.3 Å². The highest BCUT2D eigenvalue weighted by molar-refractivity contribution is 5.20. The average molecular weight is 262 g/mol. The molecule has 0 aliphatic heterocycles. The summed E-state index contributed by atoms with van der Waals surface area (Å²) in [5, 5.41) is 3.14. The van der Waals surface area contributed by atoms with Crippen molar-refractivity contribution in [1.82, 2.24) is 10.3 Å². The summed E-state index contributed by atoms with van der Waals surface area (Å²) in [5.41, 5.74) is 2.24. The molecule has 18 heavy (non-hydrogen) atoms. The van der Waals surface area contributed by atoms with Gasteiger partial charge in [0, 0.05) is 25.5 Å². The molecule has 0 saturated heterocycles. The van der Waals surface area contributed by atoms with Gasteiger partial charge in [-0.2, -0.15) is 13.2 Å². The summed E-state index contributed by atoms with van der Waals surface area (Å²) in [7, 11) is 0. The highest BCUT2D eigenvalue weighted by Gasteiger charge is 2.27. The second-order valence-corrected chi connectivity index (χ2v) is 4.00. The van der Waals surface area contributed by atoms with Crippen molar-refractivity contribution in [3.8, 4) is 0 Å². The summed E-state index contributed by atoms with van der Waals surface area (Å²) in [5.74, 6) is 0. The lowest BCUT2D eigenvalue weighted by Gasteiger charge is -2.09. The van der Waals surface area contributed by atoms with Gasteiger partial charge in [-0.05, 0) is 37.1 Å².